The lowest BCUT2D eigenvalue weighted by molar-refractivity contribution is -0.0632. The fourth-order valence-electron chi connectivity index (χ4n) is 4.33. The van der Waals surface area contributed by atoms with Crippen molar-refractivity contribution in [3.05, 3.63) is 128 Å². The minimum atomic E-state index is -1.24. The standard InChI is InChI=1S/C30H23ClN2O7S2/c31-21-16-33(30(42)32-25(21)41)26-24(40-29(36)20-14-8-3-9-15-20)23(39-28(35)19-12-6-2-7-13-19)22(38-26)17-37-27(34)18-10-4-1-5-11-18/h1-16,22-24,26H,17H2,(H,32,41,42)/t22-,23-,24+,26+/m1/s1. The van der Waals surface area contributed by atoms with Crippen LogP contribution in [0.2, 0.25) is 5.02 Å². The number of hydrogen-bond acceptors (Lipinski definition) is 9. The maximum absolute atomic E-state index is 13.3. The number of H-pyrrole nitrogens is 1. The highest BCUT2D eigenvalue weighted by molar-refractivity contribution is 7.72. The number of carbonyl (C=O) groups is 3. The third-order valence-electron chi connectivity index (χ3n) is 6.38. The Balaban J connectivity index is 1.52. The summed E-state index contributed by atoms with van der Waals surface area (Å²) in [5.41, 5.74) is 0.844. The highest BCUT2D eigenvalue weighted by Crippen LogP contribution is 2.36. The van der Waals surface area contributed by atoms with Crippen LogP contribution >= 0.6 is 36.0 Å². The van der Waals surface area contributed by atoms with E-state index in [1.54, 1.807) is 91.0 Å². The lowest BCUT2D eigenvalue weighted by Crippen LogP contribution is -2.41. The Hall–Kier alpha value is -4.16. The van der Waals surface area contributed by atoms with Gasteiger partial charge in [0.2, 0.25) is 0 Å². The van der Waals surface area contributed by atoms with Crippen molar-refractivity contribution in [1.29, 1.82) is 0 Å². The second kappa shape index (κ2) is 13.2. The zero-order valence-corrected chi connectivity index (χ0v) is 24.1. The van der Waals surface area contributed by atoms with Crippen LogP contribution < -0.4 is 0 Å². The molecule has 5 rings (SSSR count). The van der Waals surface area contributed by atoms with Gasteiger partial charge in [-0.2, -0.15) is 0 Å². The van der Waals surface area contributed by atoms with Crippen molar-refractivity contribution >= 4 is 53.9 Å². The molecule has 4 aromatic rings. The van der Waals surface area contributed by atoms with Crippen molar-refractivity contribution in [1.82, 2.24) is 9.55 Å². The summed E-state index contributed by atoms with van der Waals surface area (Å²) in [5, 5.41) is 0.159. The Labute approximate surface area is 255 Å². The summed E-state index contributed by atoms with van der Waals surface area (Å²) in [7, 11) is 0. The number of rotatable bonds is 8. The molecule has 1 saturated heterocycles. The van der Waals surface area contributed by atoms with Gasteiger partial charge in [0.05, 0.1) is 21.7 Å². The van der Waals surface area contributed by atoms with E-state index in [1.807, 2.05) is 0 Å². The van der Waals surface area contributed by atoms with Crippen molar-refractivity contribution in [2.75, 3.05) is 6.61 Å². The third kappa shape index (κ3) is 6.66. The molecule has 42 heavy (non-hydrogen) atoms. The summed E-state index contributed by atoms with van der Waals surface area (Å²) in [5.74, 6) is -2.01. The molecule has 3 aromatic carbocycles. The molecule has 214 valence electrons. The molecule has 0 unspecified atom stereocenters. The summed E-state index contributed by atoms with van der Waals surface area (Å²) in [6.07, 6.45) is -3.22. The fourth-order valence-corrected chi connectivity index (χ4v) is 4.96. The van der Waals surface area contributed by atoms with Gasteiger partial charge in [0.15, 0.2) is 23.2 Å². The number of halogens is 1. The normalized spacial score (nSPS) is 19.5. The maximum atomic E-state index is 13.3. The van der Waals surface area contributed by atoms with E-state index in [0.717, 1.165) is 0 Å². The van der Waals surface area contributed by atoms with Crippen LogP contribution in [0.3, 0.4) is 0 Å². The van der Waals surface area contributed by atoms with Gasteiger partial charge in [-0.05, 0) is 48.6 Å². The molecule has 1 aliphatic rings. The molecule has 0 spiro atoms. The molecule has 1 N–H and O–H groups in total. The minimum absolute atomic E-state index is 0.116. The van der Waals surface area contributed by atoms with Crippen LogP contribution in [0.4, 0.5) is 0 Å². The molecule has 12 heteroatoms. The number of aromatic amines is 1. The highest BCUT2D eigenvalue weighted by atomic mass is 35.5. The van der Waals surface area contributed by atoms with Gasteiger partial charge in [-0.1, -0.05) is 78.4 Å². The Morgan fingerprint density at radius 1 is 0.762 bits per heavy atom. The second-order valence-corrected chi connectivity index (χ2v) is 10.3. The van der Waals surface area contributed by atoms with Gasteiger partial charge in [-0.3, -0.25) is 4.57 Å². The van der Waals surface area contributed by atoms with Crippen LogP contribution in [0.15, 0.2) is 97.2 Å². The van der Waals surface area contributed by atoms with Crippen LogP contribution in [0.5, 0.6) is 0 Å². The molecule has 0 bridgehead atoms. The van der Waals surface area contributed by atoms with Crippen molar-refractivity contribution < 1.29 is 33.3 Å². The number of ether oxygens (including phenoxy) is 4. The van der Waals surface area contributed by atoms with Crippen LogP contribution in [0.25, 0.3) is 0 Å². The van der Waals surface area contributed by atoms with E-state index in [1.165, 1.54) is 10.8 Å². The number of aromatic nitrogens is 2. The second-order valence-electron chi connectivity index (χ2n) is 9.15. The molecule has 0 radical (unpaired) electrons. The van der Waals surface area contributed by atoms with E-state index in [0.29, 0.717) is 5.56 Å². The van der Waals surface area contributed by atoms with Gasteiger partial charge in [0.1, 0.15) is 17.4 Å². The predicted molar refractivity (Wildman–Crippen MR) is 157 cm³/mol. The lowest BCUT2D eigenvalue weighted by Gasteiger charge is -2.25. The first-order chi connectivity index (χ1) is 20.3. The number of carbonyl (C=O) groups excluding carboxylic acids is 3. The Morgan fingerprint density at radius 3 is 1.76 bits per heavy atom. The summed E-state index contributed by atoms with van der Waals surface area (Å²) in [6, 6.07) is 25.0. The van der Waals surface area contributed by atoms with E-state index in [9.17, 15) is 14.4 Å². The minimum Gasteiger partial charge on any atom is -0.459 e. The fraction of sp³-hybridized carbons (Fsp3) is 0.167. The van der Waals surface area contributed by atoms with Gasteiger partial charge < -0.3 is 23.9 Å². The summed E-state index contributed by atoms with van der Waals surface area (Å²) in [4.78, 5) is 42.0. The molecule has 1 aliphatic heterocycles. The van der Waals surface area contributed by atoms with Crippen LogP contribution in [0.1, 0.15) is 37.3 Å². The molecule has 4 atom stereocenters. The third-order valence-corrected chi connectivity index (χ3v) is 7.41. The average Bonchev–Trinajstić information content (AvgIpc) is 3.34. The summed E-state index contributed by atoms with van der Waals surface area (Å²) in [6.45, 7) is -0.333. The molecule has 2 heterocycles. The first-order valence-electron chi connectivity index (χ1n) is 12.7. The quantitative estimate of drug-likeness (QED) is 0.141. The van der Waals surface area contributed by atoms with Gasteiger partial charge >= 0.3 is 17.9 Å². The zero-order valence-electron chi connectivity index (χ0n) is 21.8. The van der Waals surface area contributed by atoms with Crippen LogP contribution in [-0.2, 0) is 18.9 Å². The monoisotopic (exact) mass is 622 g/mol. The van der Waals surface area contributed by atoms with Crippen molar-refractivity contribution in [3.63, 3.8) is 0 Å². The molecule has 0 amide bonds. The Bertz CT molecular complexity index is 1700. The molecular weight excluding hydrogens is 600 g/mol. The summed E-state index contributed by atoms with van der Waals surface area (Å²) < 4.78 is 25.4. The number of benzene rings is 3. The lowest BCUT2D eigenvalue weighted by atomic mass is 10.1. The summed E-state index contributed by atoms with van der Waals surface area (Å²) >= 11 is 17.0. The predicted octanol–water partition coefficient (Wildman–Crippen LogP) is 6.13. The number of hydrogen-bond donors (Lipinski definition) is 1. The largest absolute Gasteiger partial charge is 0.459 e. The first-order valence-corrected chi connectivity index (χ1v) is 13.9. The average molecular weight is 623 g/mol. The smallest absolute Gasteiger partial charge is 0.338 e. The molecule has 9 nitrogen and oxygen atoms in total. The van der Waals surface area contributed by atoms with E-state index >= 15 is 0 Å². The van der Waals surface area contributed by atoms with E-state index in [-0.39, 0.29) is 32.2 Å². The molecule has 0 aliphatic carbocycles. The number of esters is 3. The molecule has 1 fully saturated rings. The van der Waals surface area contributed by atoms with E-state index in [2.05, 4.69) is 4.98 Å². The van der Waals surface area contributed by atoms with Gasteiger partial charge in [-0.15, -0.1) is 0 Å². The SMILES string of the molecule is O=C(OC[C@H]1O[C@H](n2cc(Cl)c(=S)[nH]c2=S)[C@@H](OC(=O)c2ccccc2)[C@@H]1OC(=O)c1ccccc1)c1ccccc1. The van der Waals surface area contributed by atoms with Crippen molar-refractivity contribution in [2.45, 2.75) is 24.5 Å². The van der Waals surface area contributed by atoms with Crippen molar-refractivity contribution in [3.8, 4) is 0 Å². The molecular formula is C30H23ClN2O7S2. The Kier molecular flexibility index (Phi) is 9.23. The highest BCUT2D eigenvalue weighted by Gasteiger charge is 2.51. The van der Waals surface area contributed by atoms with Crippen molar-refractivity contribution in [2.24, 2.45) is 0 Å². The number of nitrogens with one attached hydrogen (secondary N) is 1. The van der Waals surface area contributed by atoms with Crippen LogP contribution in [0, 0.1) is 9.41 Å². The van der Waals surface area contributed by atoms with E-state index in [4.69, 9.17) is 55.0 Å². The van der Waals surface area contributed by atoms with E-state index < -0.39 is 42.4 Å². The zero-order chi connectivity index (χ0) is 29.6. The maximum Gasteiger partial charge on any atom is 0.338 e. The van der Waals surface area contributed by atoms with Gasteiger partial charge in [0.25, 0.3) is 0 Å². The topological polar surface area (TPSA) is 109 Å². The number of nitrogens with zero attached hydrogens (tertiary/aromatic N) is 1. The van der Waals surface area contributed by atoms with Gasteiger partial charge in [-0.25, -0.2) is 14.4 Å². The Morgan fingerprint density at radius 2 is 1.24 bits per heavy atom. The molecule has 1 aromatic heterocycles. The molecule has 0 saturated carbocycles. The first kappa shape index (κ1) is 29.3. The van der Waals surface area contributed by atoms with Gasteiger partial charge in [0, 0.05) is 6.20 Å². The van der Waals surface area contributed by atoms with Crippen LogP contribution in [-0.4, -0.2) is 52.4 Å².